The lowest BCUT2D eigenvalue weighted by atomic mass is 9.79. The van der Waals surface area contributed by atoms with E-state index in [9.17, 15) is 4.79 Å². The number of aliphatic hydroxyl groups excluding tert-OH is 1. The number of aliphatic hydroxyl groups is 1. The molecule has 0 spiro atoms. The van der Waals surface area contributed by atoms with Crippen molar-refractivity contribution in [1.29, 1.82) is 0 Å². The maximum absolute atomic E-state index is 11.6. The monoisotopic (exact) mass is 197 g/mol. The van der Waals surface area contributed by atoms with Gasteiger partial charge < -0.3 is 10.4 Å². The Morgan fingerprint density at radius 3 is 2.57 bits per heavy atom. The lowest BCUT2D eigenvalue weighted by Crippen LogP contribution is -2.30. The van der Waals surface area contributed by atoms with Gasteiger partial charge in [0, 0.05) is 5.92 Å². The Balaban J connectivity index is 1.93. The summed E-state index contributed by atoms with van der Waals surface area (Å²) in [5, 5.41) is 11.8. The van der Waals surface area contributed by atoms with Crippen LogP contribution in [0.15, 0.2) is 0 Å². The summed E-state index contributed by atoms with van der Waals surface area (Å²) in [5.41, 5.74) is 0. The van der Waals surface area contributed by atoms with Crippen LogP contribution in [-0.4, -0.2) is 23.7 Å². The Morgan fingerprint density at radius 1 is 1.29 bits per heavy atom. The molecule has 0 bridgehead atoms. The molecule has 2 fully saturated rings. The summed E-state index contributed by atoms with van der Waals surface area (Å²) < 4.78 is 0. The number of hydrogen-bond donors (Lipinski definition) is 2. The molecule has 2 unspecified atom stereocenters. The van der Waals surface area contributed by atoms with E-state index in [-0.39, 0.29) is 24.5 Å². The molecule has 0 aromatic carbocycles. The largest absolute Gasteiger partial charge is 0.394 e. The molecular weight excluding hydrogens is 178 g/mol. The standard InChI is InChI=1S/C11H19NO2/c13-7-9-6-10(11(14)12-9)8-4-2-1-3-5-8/h8-10,13H,1-7H2,(H,12,14). The second-order valence-electron chi connectivity index (χ2n) is 4.63. The van der Waals surface area contributed by atoms with Crippen LogP contribution in [0.4, 0.5) is 0 Å². The molecule has 0 aromatic heterocycles. The minimum atomic E-state index is 0.0226. The summed E-state index contributed by atoms with van der Waals surface area (Å²) in [6, 6.07) is 0.0226. The normalized spacial score (nSPS) is 34.5. The van der Waals surface area contributed by atoms with Crippen molar-refractivity contribution >= 4 is 5.91 Å². The Hall–Kier alpha value is -0.570. The van der Waals surface area contributed by atoms with Gasteiger partial charge >= 0.3 is 0 Å². The van der Waals surface area contributed by atoms with E-state index in [2.05, 4.69) is 5.32 Å². The molecule has 1 aliphatic heterocycles. The molecule has 2 atom stereocenters. The summed E-state index contributed by atoms with van der Waals surface area (Å²) in [7, 11) is 0. The highest BCUT2D eigenvalue weighted by Gasteiger charge is 2.37. The molecule has 80 valence electrons. The first-order chi connectivity index (χ1) is 6.81. The van der Waals surface area contributed by atoms with Gasteiger partial charge in [0.1, 0.15) is 0 Å². The number of amides is 1. The third-order valence-corrected chi connectivity index (χ3v) is 3.66. The average molecular weight is 197 g/mol. The molecule has 1 saturated heterocycles. The van der Waals surface area contributed by atoms with Crippen LogP contribution < -0.4 is 5.32 Å². The highest BCUT2D eigenvalue weighted by molar-refractivity contribution is 5.81. The highest BCUT2D eigenvalue weighted by Crippen LogP contribution is 2.34. The second kappa shape index (κ2) is 4.30. The first-order valence-corrected chi connectivity index (χ1v) is 5.72. The van der Waals surface area contributed by atoms with Gasteiger partial charge in [-0.25, -0.2) is 0 Å². The molecule has 2 N–H and O–H groups in total. The summed E-state index contributed by atoms with van der Waals surface area (Å²) in [5.74, 6) is 0.948. The van der Waals surface area contributed by atoms with E-state index in [1.807, 2.05) is 0 Å². The molecule has 0 aromatic rings. The van der Waals surface area contributed by atoms with Crippen LogP contribution in [0.1, 0.15) is 38.5 Å². The van der Waals surface area contributed by atoms with Crippen molar-refractivity contribution in [2.45, 2.75) is 44.6 Å². The SMILES string of the molecule is O=C1NC(CO)CC1C1CCCCC1. The highest BCUT2D eigenvalue weighted by atomic mass is 16.3. The van der Waals surface area contributed by atoms with E-state index >= 15 is 0 Å². The molecule has 2 aliphatic rings. The van der Waals surface area contributed by atoms with Crippen LogP contribution in [0.3, 0.4) is 0 Å². The average Bonchev–Trinajstić information content (AvgIpc) is 2.61. The predicted octanol–water partition coefficient (Wildman–Crippen LogP) is 1.06. The van der Waals surface area contributed by atoms with E-state index < -0.39 is 0 Å². The van der Waals surface area contributed by atoms with Crippen LogP contribution in [-0.2, 0) is 4.79 Å². The molecule has 1 heterocycles. The van der Waals surface area contributed by atoms with E-state index in [0.29, 0.717) is 5.92 Å². The first-order valence-electron chi connectivity index (χ1n) is 5.72. The van der Waals surface area contributed by atoms with Gasteiger partial charge in [-0.05, 0) is 25.2 Å². The Morgan fingerprint density at radius 2 is 2.00 bits per heavy atom. The lowest BCUT2D eigenvalue weighted by Gasteiger charge is -2.25. The van der Waals surface area contributed by atoms with Crippen molar-refractivity contribution in [3.63, 3.8) is 0 Å². The van der Waals surface area contributed by atoms with Gasteiger partial charge in [0.25, 0.3) is 0 Å². The number of rotatable bonds is 2. The van der Waals surface area contributed by atoms with Crippen LogP contribution in [0, 0.1) is 11.8 Å². The quantitative estimate of drug-likeness (QED) is 0.695. The van der Waals surface area contributed by atoms with Crippen molar-refractivity contribution in [2.75, 3.05) is 6.61 Å². The van der Waals surface area contributed by atoms with Gasteiger partial charge in [0.2, 0.25) is 5.91 Å². The molecule has 1 aliphatic carbocycles. The first kappa shape index (κ1) is 9.97. The molecule has 14 heavy (non-hydrogen) atoms. The minimum absolute atomic E-state index is 0.0226. The summed E-state index contributed by atoms with van der Waals surface area (Å²) in [6.45, 7) is 0.0922. The van der Waals surface area contributed by atoms with Gasteiger partial charge in [-0.15, -0.1) is 0 Å². The van der Waals surface area contributed by atoms with Gasteiger partial charge in [-0.1, -0.05) is 19.3 Å². The van der Waals surface area contributed by atoms with Crippen LogP contribution >= 0.6 is 0 Å². The third kappa shape index (κ3) is 1.92. The van der Waals surface area contributed by atoms with Crippen LogP contribution in [0.25, 0.3) is 0 Å². The predicted molar refractivity (Wildman–Crippen MR) is 53.7 cm³/mol. The topological polar surface area (TPSA) is 49.3 Å². The zero-order valence-corrected chi connectivity index (χ0v) is 8.54. The maximum atomic E-state index is 11.6. The van der Waals surface area contributed by atoms with Crippen molar-refractivity contribution < 1.29 is 9.90 Å². The van der Waals surface area contributed by atoms with Gasteiger partial charge in [0.15, 0.2) is 0 Å². The maximum Gasteiger partial charge on any atom is 0.223 e. The fraction of sp³-hybridized carbons (Fsp3) is 0.909. The van der Waals surface area contributed by atoms with E-state index in [1.165, 1.54) is 32.1 Å². The zero-order valence-electron chi connectivity index (χ0n) is 8.54. The molecular formula is C11H19NO2. The molecule has 2 rings (SSSR count). The smallest absolute Gasteiger partial charge is 0.223 e. The second-order valence-corrected chi connectivity index (χ2v) is 4.63. The fourth-order valence-electron chi connectivity index (χ4n) is 2.84. The number of carbonyl (C=O) groups is 1. The van der Waals surface area contributed by atoms with Gasteiger partial charge in [-0.3, -0.25) is 4.79 Å². The fourth-order valence-corrected chi connectivity index (χ4v) is 2.84. The van der Waals surface area contributed by atoms with Crippen molar-refractivity contribution in [3.05, 3.63) is 0 Å². The molecule has 0 radical (unpaired) electrons. The molecule has 1 saturated carbocycles. The molecule has 3 nitrogen and oxygen atoms in total. The van der Waals surface area contributed by atoms with E-state index in [0.717, 1.165) is 6.42 Å². The summed E-state index contributed by atoms with van der Waals surface area (Å²) in [4.78, 5) is 11.6. The summed E-state index contributed by atoms with van der Waals surface area (Å²) in [6.07, 6.45) is 7.14. The number of carbonyl (C=O) groups excluding carboxylic acids is 1. The third-order valence-electron chi connectivity index (χ3n) is 3.66. The van der Waals surface area contributed by atoms with E-state index in [1.54, 1.807) is 0 Å². The van der Waals surface area contributed by atoms with E-state index in [4.69, 9.17) is 5.11 Å². The van der Waals surface area contributed by atoms with Crippen LogP contribution in [0.5, 0.6) is 0 Å². The van der Waals surface area contributed by atoms with Crippen molar-refractivity contribution in [3.8, 4) is 0 Å². The van der Waals surface area contributed by atoms with Gasteiger partial charge in [0.05, 0.1) is 12.6 Å². The molecule has 3 heteroatoms. The number of hydrogen-bond acceptors (Lipinski definition) is 2. The Bertz CT molecular complexity index is 211. The number of nitrogens with one attached hydrogen (secondary N) is 1. The van der Waals surface area contributed by atoms with Crippen molar-refractivity contribution in [2.24, 2.45) is 11.8 Å². The van der Waals surface area contributed by atoms with Gasteiger partial charge in [-0.2, -0.15) is 0 Å². The zero-order chi connectivity index (χ0) is 9.97. The minimum Gasteiger partial charge on any atom is -0.394 e. The molecule has 1 amide bonds. The van der Waals surface area contributed by atoms with Crippen LogP contribution in [0.2, 0.25) is 0 Å². The Kier molecular flexibility index (Phi) is 3.06. The summed E-state index contributed by atoms with van der Waals surface area (Å²) >= 11 is 0. The lowest BCUT2D eigenvalue weighted by molar-refractivity contribution is -0.124. The van der Waals surface area contributed by atoms with Crippen molar-refractivity contribution in [1.82, 2.24) is 5.32 Å². The Labute approximate surface area is 84.9 Å².